The molecule has 0 aliphatic heterocycles. The molecule has 5 nitrogen and oxygen atoms in total. The minimum atomic E-state index is -4.68. The molecule has 0 aliphatic carbocycles. The summed E-state index contributed by atoms with van der Waals surface area (Å²) in [6.07, 6.45) is 1.59. The van der Waals surface area contributed by atoms with Crippen LogP contribution in [0.4, 0.5) is 8.78 Å². The van der Waals surface area contributed by atoms with Crippen molar-refractivity contribution in [1.82, 2.24) is 4.90 Å². The van der Waals surface area contributed by atoms with Crippen LogP contribution in [0.5, 0.6) is 0 Å². The Bertz CT molecular complexity index is 949. The van der Waals surface area contributed by atoms with Gasteiger partial charge in [-0.15, -0.1) is 0 Å². The summed E-state index contributed by atoms with van der Waals surface area (Å²) in [5, 5.41) is 0. The van der Waals surface area contributed by atoms with Gasteiger partial charge in [0.2, 0.25) is 5.91 Å². The molecule has 0 unspecified atom stereocenters. The molecule has 0 aliphatic rings. The first-order chi connectivity index (χ1) is 15.7. The molecule has 0 saturated carbocycles. The average Bonchev–Trinajstić information content (AvgIpc) is 2.79. The third-order valence-electron chi connectivity index (χ3n) is 5.17. The number of carbonyl (C=O) groups is 1. The Hall–Kier alpha value is -1.60. The lowest BCUT2D eigenvalue weighted by molar-refractivity contribution is -0.130. The van der Waals surface area contributed by atoms with Crippen LogP contribution >= 0.6 is 23.5 Å². The first-order valence-electron chi connectivity index (χ1n) is 11.1. The second-order valence-corrected chi connectivity index (χ2v) is 10.3. The Kier molecular flexibility index (Phi) is 10.7. The maximum Gasteiger partial charge on any atom is 0.404 e. The Labute approximate surface area is 203 Å². The number of halogens is 3. The number of likely N-dealkylation sites (N-methyl/N-ethyl adjacent to an activating group) is 1. The van der Waals surface area contributed by atoms with Crippen LogP contribution in [-0.4, -0.2) is 37.1 Å². The highest BCUT2D eigenvalue weighted by atomic mass is 79.9. The van der Waals surface area contributed by atoms with Crippen molar-refractivity contribution in [1.29, 1.82) is 0 Å². The van der Waals surface area contributed by atoms with Crippen molar-refractivity contribution in [2.24, 2.45) is 0 Å². The summed E-state index contributed by atoms with van der Waals surface area (Å²) < 4.78 is 52.7. The van der Waals surface area contributed by atoms with Gasteiger partial charge in [0.25, 0.3) is 0 Å². The molecule has 9 heteroatoms. The lowest BCUT2D eigenvalue weighted by atomic mass is 10.1. The smallest absolute Gasteiger partial charge is 0.343 e. The Morgan fingerprint density at radius 3 is 2.18 bits per heavy atom. The largest absolute Gasteiger partial charge is 0.404 e. The van der Waals surface area contributed by atoms with E-state index < -0.39 is 18.8 Å². The van der Waals surface area contributed by atoms with E-state index >= 15 is 8.78 Å². The zero-order valence-corrected chi connectivity index (χ0v) is 21.7. The minimum Gasteiger partial charge on any atom is -0.343 e. The molecule has 0 radical (unpaired) electrons. The van der Waals surface area contributed by atoms with Gasteiger partial charge in [-0.3, -0.25) is 9.36 Å². The second kappa shape index (κ2) is 12.7. The topological polar surface area (TPSA) is 55.8 Å². The van der Waals surface area contributed by atoms with Crippen LogP contribution in [0.3, 0.4) is 0 Å². The fourth-order valence-corrected chi connectivity index (χ4v) is 5.82. The normalized spacial score (nSPS) is 12.1. The maximum atomic E-state index is 15.1. The zero-order chi connectivity index (χ0) is 24.5. The molecule has 182 valence electrons. The highest BCUT2D eigenvalue weighted by Crippen LogP contribution is 2.67. The van der Waals surface area contributed by atoms with Crippen molar-refractivity contribution in [3.63, 3.8) is 0 Å². The first-order valence-corrected chi connectivity index (χ1v) is 13.4. The summed E-state index contributed by atoms with van der Waals surface area (Å²) in [7, 11) is -4.68. The van der Waals surface area contributed by atoms with E-state index in [1.54, 1.807) is 17.0 Å². The lowest BCUT2D eigenvalue weighted by Gasteiger charge is -2.27. The molecule has 0 fully saturated rings. The third kappa shape index (κ3) is 7.19. The van der Waals surface area contributed by atoms with Crippen LogP contribution in [0, 0.1) is 0 Å². The molecular formula is C24H31BrF2NO4P. The summed E-state index contributed by atoms with van der Waals surface area (Å²) in [4.78, 5) is 14.4. The first kappa shape index (κ1) is 27.6. The van der Waals surface area contributed by atoms with E-state index in [0.29, 0.717) is 32.4 Å². The lowest BCUT2D eigenvalue weighted by Crippen LogP contribution is -2.32. The molecule has 2 rings (SSSR count). The van der Waals surface area contributed by atoms with E-state index in [9.17, 15) is 9.36 Å². The molecule has 0 spiro atoms. The number of amides is 1. The number of aryl methyl sites for hydroxylation is 1. The summed E-state index contributed by atoms with van der Waals surface area (Å²) in [5.74, 6) is 0.0536. The van der Waals surface area contributed by atoms with Gasteiger partial charge in [-0.1, -0.05) is 58.4 Å². The number of nitrogens with zero attached hydrogens (tertiary/aromatic N) is 1. The third-order valence-corrected chi connectivity index (χ3v) is 7.96. The number of hydrogen-bond acceptors (Lipinski definition) is 4. The highest BCUT2D eigenvalue weighted by molar-refractivity contribution is 9.10. The fraction of sp³-hybridized carbons (Fsp3) is 0.458. The molecule has 0 N–H and O–H groups in total. The van der Waals surface area contributed by atoms with E-state index in [1.165, 1.54) is 19.9 Å². The Balaban J connectivity index is 2.06. The molecule has 0 heterocycles. The van der Waals surface area contributed by atoms with Gasteiger partial charge in [0, 0.05) is 29.5 Å². The summed E-state index contributed by atoms with van der Waals surface area (Å²) in [6.45, 7) is 5.61. The van der Waals surface area contributed by atoms with Crippen molar-refractivity contribution in [3.05, 3.63) is 69.7 Å². The van der Waals surface area contributed by atoms with Crippen LogP contribution in [-0.2, 0) is 36.9 Å². The molecule has 0 aromatic heterocycles. The van der Waals surface area contributed by atoms with Crippen molar-refractivity contribution in [2.45, 2.75) is 45.7 Å². The number of hydrogen-bond donors (Lipinski definition) is 0. The van der Waals surface area contributed by atoms with E-state index in [1.807, 2.05) is 37.3 Å². The fourth-order valence-electron chi connectivity index (χ4n) is 3.42. The van der Waals surface area contributed by atoms with Gasteiger partial charge in [0.1, 0.15) is 0 Å². The molecule has 0 atom stereocenters. The van der Waals surface area contributed by atoms with Gasteiger partial charge in [-0.05, 0) is 50.8 Å². The van der Waals surface area contributed by atoms with E-state index in [2.05, 4.69) is 15.9 Å². The predicted octanol–water partition coefficient (Wildman–Crippen LogP) is 6.79. The molecule has 2 aromatic rings. The van der Waals surface area contributed by atoms with Crippen LogP contribution in [0.25, 0.3) is 0 Å². The van der Waals surface area contributed by atoms with Crippen LogP contribution < -0.4 is 0 Å². The SMILES string of the molecule is CCOP(=O)(OCC)C(F)(F)c1ccc(CCN(CC)C(=O)CCc2ccccc2)cc1Br. The zero-order valence-electron chi connectivity index (χ0n) is 19.2. The van der Waals surface area contributed by atoms with Gasteiger partial charge in [-0.25, -0.2) is 0 Å². The van der Waals surface area contributed by atoms with E-state index in [0.717, 1.165) is 11.1 Å². The standard InChI is InChI=1S/C24H31BrF2NO4P/c1-4-28(23(29)15-13-19-10-8-7-9-11-19)17-16-20-12-14-21(22(25)18-20)24(26,27)33(30,31-5-2)32-6-3/h7-12,14,18H,4-6,13,15-17H2,1-3H3. The van der Waals surface area contributed by atoms with Gasteiger partial charge >= 0.3 is 13.3 Å². The number of rotatable bonds is 13. The Morgan fingerprint density at radius 2 is 1.64 bits per heavy atom. The summed E-state index contributed by atoms with van der Waals surface area (Å²) in [6, 6.07) is 14.2. The average molecular weight is 546 g/mol. The predicted molar refractivity (Wildman–Crippen MR) is 130 cm³/mol. The maximum absolute atomic E-state index is 15.1. The van der Waals surface area contributed by atoms with Crippen LogP contribution in [0.1, 0.15) is 43.9 Å². The molecule has 33 heavy (non-hydrogen) atoms. The van der Waals surface area contributed by atoms with Crippen LogP contribution in [0.2, 0.25) is 0 Å². The monoisotopic (exact) mass is 545 g/mol. The van der Waals surface area contributed by atoms with Crippen molar-refractivity contribution >= 4 is 29.4 Å². The number of alkyl halides is 2. The summed E-state index contributed by atoms with van der Waals surface area (Å²) in [5.41, 5.74) is -2.38. The number of benzene rings is 2. The van der Waals surface area contributed by atoms with Gasteiger partial charge < -0.3 is 13.9 Å². The quantitative estimate of drug-likeness (QED) is 0.260. The minimum absolute atomic E-state index is 0.0536. The van der Waals surface area contributed by atoms with Gasteiger partial charge in [0.05, 0.1) is 13.2 Å². The van der Waals surface area contributed by atoms with Gasteiger partial charge in [0.15, 0.2) is 0 Å². The van der Waals surface area contributed by atoms with E-state index in [-0.39, 0.29) is 23.6 Å². The van der Waals surface area contributed by atoms with Crippen LogP contribution in [0.15, 0.2) is 53.0 Å². The number of carbonyl (C=O) groups excluding carboxylic acids is 1. The highest BCUT2D eigenvalue weighted by Gasteiger charge is 2.55. The molecule has 1 amide bonds. The van der Waals surface area contributed by atoms with E-state index in [4.69, 9.17) is 9.05 Å². The molecular weight excluding hydrogens is 515 g/mol. The Morgan fingerprint density at radius 1 is 1.00 bits per heavy atom. The van der Waals surface area contributed by atoms with Crippen molar-refractivity contribution in [3.8, 4) is 0 Å². The summed E-state index contributed by atoms with van der Waals surface area (Å²) >= 11 is 3.19. The molecule has 0 bridgehead atoms. The van der Waals surface area contributed by atoms with Crippen molar-refractivity contribution < 1.29 is 27.2 Å². The molecule has 2 aromatic carbocycles. The molecule has 0 saturated heterocycles. The van der Waals surface area contributed by atoms with Gasteiger partial charge in [-0.2, -0.15) is 8.78 Å². The van der Waals surface area contributed by atoms with Crippen molar-refractivity contribution in [2.75, 3.05) is 26.3 Å². The second-order valence-electron chi connectivity index (χ2n) is 7.40.